The number of primary sulfonamides is 1. The highest BCUT2D eigenvalue weighted by molar-refractivity contribution is 7.89. The average molecular weight is 602 g/mol. The van der Waals surface area contributed by atoms with Gasteiger partial charge in [-0.15, -0.1) is 0 Å². The molecule has 3 aliphatic rings. The highest BCUT2D eigenvalue weighted by Crippen LogP contribution is 2.45. The van der Waals surface area contributed by atoms with Crippen molar-refractivity contribution in [3.63, 3.8) is 0 Å². The van der Waals surface area contributed by atoms with Gasteiger partial charge in [0.2, 0.25) is 5.09 Å². The fraction of sp³-hybridized carbons (Fsp3) is 0.455. The summed E-state index contributed by atoms with van der Waals surface area (Å²) in [5.74, 6) is 0.828. The largest absolute Gasteiger partial charge is 0.438 e. The smallest absolute Gasteiger partial charge is 0.289 e. The van der Waals surface area contributed by atoms with Gasteiger partial charge in [0.15, 0.2) is 5.76 Å². The van der Waals surface area contributed by atoms with Gasteiger partial charge in [0, 0.05) is 31.2 Å². The molecule has 1 unspecified atom stereocenters. The molecule has 3 atom stereocenters. The lowest BCUT2D eigenvalue weighted by Crippen LogP contribution is -2.49. The second-order valence-electron chi connectivity index (χ2n) is 12.6. The molecule has 2 aromatic heterocycles. The summed E-state index contributed by atoms with van der Waals surface area (Å²) in [6.07, 6.45) is 7.53. The zero-order chi connectivity index (χ0) is 29.8. The van der Waals surface area contributed by atoms with Crippen molar-refractivity contribution in [3.05, 3.63) is 83.9 Å². The number of hydrogen-bond acceptors (Lipinski definition) is 6. The lowest BCUT2D eigenvalue weighted by atomic mass is 9.70. The molecule has 2 N–H and O–H groups in total. The Kier molecular flexibility index (Phi) is 7.18. The molecule has 5 heterocycles. The van der Waals surface area contributed by atoms with E-state index in [2.05, 4.69) is 71.0 Å². The molecule has 43 heavy (non-hydrogen) atoms. The van der Waals surface area contributed by atoms with Crippen LogP contribution in [0.1, 0.15) is 72.9 Å². The normalized spacial score (nSPS) is 24.0. The first-order valence-corrected chi connectivity index (χ1v) is 16.9. The fourth-order valence-electron chi connectivity index (χ4n) is 8.15. The molecule has 9 nitrogen and oxygen atoms in total. The molecule has 3 aliphatic heterocycles. The molecule has 0 saturated carbocycles. The van der Waals surface area contributed by atoms with Gasteiger partial charge < -0.3 is 13.9 Å². The Hall–Kier alpha value is -3.47. The number of hydrogen-bond donors (Lipinski definition) is 1. The van der Waals surface area contributed by atoms with E-state index in [1.807, 2.05) is 0 Å². The minimum Gasteiger partial charge on any atom is -0.438 e. The van der Waals surface area contributed by atoms with Gasteiger partial charge >= 0.3 is 0 Å². The van der Waals surface area contributed by atoms with Crippen molar-refractivity contribution < 1.29 is 17.6 Å². The number of fused-ring (bicyclic) bond motifs is 3. The minimum absolute atomic E-state index is 0.0107. The monoisotopic (exact) mass is 601 g/mol. The van der Waals surface area contributed by atoms with Crippen LogP contribution < -0.4 is 5.14 Å². The van der Waals surface area contributed by atoms with Crippen LogP contribution in [0.2, 0.25) is 0 Å². The number of benzene rings is 2. The molecule has 0 aliphatic carbocycles. The number of nitrogens with zero attached hydrogens (tertiary/aromatic N) is 4. The summed E-state index contributed by atoms with van der Waals surface area (Å²) >= 11 is 0. The van der Waals surface area contributed by atoms with E-state index in [9.17, 15) is 13.2 Å². The summed E-state index contributed by atoms with van der Waals surface area (Å²) in [5, 5.41) is 4.79. The Bertz CT molecular complexity index is 1720. The van der Waals surface area contributed by atoms with Crippen LogP contribution in [-0.4, -0.2) is 65.4 Å². The van der Waals surface area contributed by atoms with Crippen LogP contribution in [0.3, 0.4) is 0 Å². The van der Waals surface area contributed by atoms with Gasteiger partial charge in [-0.2, -0.15) is 0 Å². The summed E-state index contributed by atoms with van der Waals surface area (Å²) in [6.45, 7) is 4.35. The molecular formula is C33H39N5O4S. The van der Waals surface area contributed by atoms with Gasteiger partial charge in [0.05, 0.1) is 11.0 Å². The van der Waals surface area contributed by atoms with Gasteiger partial charge in [-0.1, -0.05) is 42.5 Å². The molecule has 4 aromatic rings. The summed E-state index contributed by atoms with van der Waals surface area (Å²) in [4.78, 5) is 22.6. The predicted octanol–water partition coefficient (Wildman–Crippen LogP) is 5.02. The predicted molar refractivity (Wildman–Crippen MR) is 164 cm³/mol. The Labute approximate surface area is 252 Å². The van der Waals surface area contributed by atoms with Crippen LogP contribution in [0, 0.1) is 6.92 Å². The van der Waals surface area contributed by atoms with Crippen molar-refractivity contribution in [3.8, 4) is 0 Å². The Morgan fingerprint density at radius 2 is 1.63 bits per heavy atom. The number of para-hydroxylation sites is 2. The first-order chi connectivity index (χ1) is 20.7. The number of nitrogens with two attached hydrogens (primary N) is 1. The number of furan rings is 1. The van der Waals surface area contributed by atoms with Crippen LogP contribution in [0.25, 0.3) is 11.0 Å². The van der Waals surface area contributed by atoms with Crippen molar-refractivity contribution in [2.45, 2.75) is 80.5 Å². The van der Waals surface area contributed by atoms with Crippen molar-refractivity contribution in [2.75, 3.05) is 19.6 Å². The van der Waals surface area contributed by atoms with Gasteiger partial charge in [-0.05, 0) is 93.7 Å². The molecule has 2 bridgehead atoms. The summed E-state index contributed by atoms with van der Waals surface area (Å²) in [6, 6.07) is 23.5. The van der Waals surface area contributed by atoms with Crippen LogP contribution in [-0.2, 0) is 15.4 Å². The van der Waals surface area contributed by atoms with E-state index >= 15 is 0 Å². The van der Waals surface area contributed by atoms with Crippen LogP contribution in [0.4, 0.5) is 0 Å². The van der Waals surface area contributed by atoms with Crippen molar-refractivity contribution in [1.29, 1.82) is 0 Å². The summed E-state index contributed by atoms with van der Waals surface area (Å²) in [5.41, 5.74) is 3.64. The number of sulfonamides is 1. The van der Waals surface area contributed by atoms with Gasteiger partial charge in [0.1, 0.15) is 5.82 Å². The highest BCUT2D eigenvalue weighted by atomic mass is 32.2. The number of piperidine rings is 2. The molecule has 226 valence electrons. The number of amides is 1. The van der Waals surface area contributed by atoms with E-state index in [0.717, 1.165) is 50.0 Å². The molecule has 3 saturated heterocycles. The molecule has 10 heteroatoms. The molecule has 7 rings (SSSR count). The van der Waals surface area contributed by atoms with Gasteiger partial charge in [-0.25, -0.2) is 18.5 Å². The lowest BCUT2D eigenvalue weighted by molar-refractivity contribution is 0.0575. The molecular weight excluding hydrogens is 562 g/mol. The van der Waals surface area contributed by atoms with E-state index < -0.39 is 10.0 Å². The van der Waals surface area contributed by atoms with E-state index in [1.165, 1.54) is 36.1 Å². The Morgan fingerprint density at radius 3 is 2.30 bits per heavy atom. The SMILES string of the molecule is Cc1nc2ccccc2n1C1C[C@H]2CC[C@@H](C1)N2CCC1(c2ccccc2)CCN(C(=O)c2ccc(S(N)(=O)=O)o2)CC1. The lowest BCUT2D eigenvalue weighted by Gasteiger charge is -2.45. The third-order valence-corrected chi connectivity index (χ3v) is 11.1. The second kappa shape index (κ2) is 10.9. The maximum atomic E-state index is 13.2. The number of likely N-dealkylation sites (tertiary alicyclic amines) is 1. The number of carbonyl (C=O) groups is 1. The second-order valence-corrected chi connectivity index (χ2v) is 14.1. The molecule has 3 fully saturated rings. The highest BCUT2D eigenvalue weighted by Gasteiger charge is 2.44. The van der Waals surface area contributed by atoms with E-state index in [-0.39, 0.29) is 22.2 Å². The number of aryl methyl sites for hydroxylation is 1. The number of rotatable bonds is 7. The number of carbonyl (C=O) groups excluding carboxylic acids is 1. The Balaban J connectivity index is 1.05. The van der Waals surface area contributed by atoms with Crippen LogP contribution >= 0.6 is 0 Å². The van der Waals surface area contributed by atoms with Gasteiger partial charge in [-0.3, -0.25) is 9.69 Å². The fourth-order valence-corrected chi connectivity index (χ4v) is 8.61. The molecule has 0 radical (unpaired) electrons. The van der Waals surface area contributed by atoms with Crippen molar-refractivity contribution in [2.24, 2.45) is 5.14 Å². The third-order valence-electron chi connectivity index (χ3n) is 10.3. The topological polar surface area (TPSA) is 115 Å². The minimum atomic E-state index is -4.00. The maximum Gasteiger partial charge on any atom is 0.289 e. The van der Waals surface area contributed by atoms with Crippen molar-refractivity contribution in [1.82, 2.24) is 19.4 Å². The van der Waals surface area contributed by atoms with E-state index in [0.29, 0.717) is 31.2 Å². The van der Waals surface area contributed by atoms with Crippen molar-refractivity contribution >= 4 is 27.0 Å². The first-order valence-electron chi connectivity index (χ1n) is 15.4. The molecule has 2 aromatic carbocycles. The summed E-state index contributed by atoms with van der Waals surface area (Å²) in [7, 11) is -4.00. The van der Waals surface area contributed by atoms with E-state index in [4.69, 9.17) is 14.5 Å². The number of imidazole rings is 1. The molecule has 1 amide bonds. The zero-order valence-corrected chi connectivity index (χ0v) is 25.4. The third kappa shape index (κ3) is 5.19. The van der Waals surface area contributed by atoms with Crippen LogP contribution in [0.5, 0.6) is 0 Å². The first kappa shape index (κ1) is 28.3. The van der Waals surface area contributed by atoms with Crippen LogP contribution in [0.15, 0.2) is 76.2 Å². The maximum absolute atomic E-state index is 13.2. The summed E-state index contributed by atoms with van der Waals surface area (Å²) < 4.78 is 31.1. The number of aromatic nitrogens is 2. The van der Waals surface area contributed by atoms with E-state index in [1.54, 1.807) is 4.90 Å². The molecule has 0 spiro atoms. The standard InChI is InChI=1S/C33H39N5O4S/c1-23-35-28-9-5-6-10-29(28)38(23)27-21-25-11-12-26(22-27)37(25)20-17-33(24-7-3-2-4-8-24)15-18-36(19-16-33)32(39)30-13-14-31(42-30)43(34,40)41/h2-10,13-14,25-27H,11-12,15-22H2,1H3,(H2,34,40,41)/t25-,26+,27?. The quantitative estimate of drug-likeness (QED) is 0.318. The van der Waals surface area contributed by atoms with Gasteiger partial charge in [0.25, 0.3) is 15.9 Å². The Morgan fingerprint density at radius 1 is 0.953 bits per heavy atom. The zero-order valence-electron chi connectivity index (χ0n) is 24.6. The average Bonchev–Trinajstić information content (AvgIpc) is 3.70.